The molecule has 11 heteroatoms. The lowest BCUT2D eigenvalue weighted by atomic mass is 10.1. The average molecular weight is 493 g/mol. The minimum atomic E-state index is -3.78. The molecule has 0 atom stereocenters. The van der Waals surface area contributed by atoms with Crippen LogP contribution in [0, 0.1) is 10.1 Å². The van der Waals surface area contributed by atoms with Crippen LogP contribution in [0.1, 0.15) is 29.6 Å². The van der Waals surface area contributed by atoms with Gasteiger partial charge in [0.25, 0.3) is 11.6 Å². The largest absolute Gasteiger partial charge is 0.362 e. The molecule has 0 radical (unpaired) electrons. The maximum Gasteiger partial charge on any atom is 0.293 e. The summed E-state index contributed by atoms with van der Waals surface area (Å²) in [5, 5.41) is 12.2. The Hall–Kier alpha value is -2.69. The van der Waals surface area contributed by atoms with Crippen LogP contribution in [-0.4, -0.2) is 67.7 Å². The molecular formula is C22H25ClN4O5S. The van der Waals surface area contributed by atoms with E-state index in [1.165, 1.54) is 16.4 Å². The Kier molecular flexibility index (Phi) is 6.87. The Morgan fingerprint density at radius 1 is 0.939 bits per heavy atom. The number of halogens is 1. The number of anilines is 1. The van der Waals surface area contributed by atoms with Crippen LogP contribution in [0.3, 0.4) is 0 Å². The van der Waals surface area contributed by atoms with E-state index in [0.717, 1.165) is 25.3 Å². The number of hydrogen-bond donors (Lipinski definition) is 0. The number of amides is 1. The first-order chi connectivity index (χ1) is 15.8. The van der Waals surface area contributed by atoms with E-state index < -0.39 is 14.9 Å². The molecule has 33 heavy (non-hydrogen) atoms. The number of piperazine rings is 1. The molecule has 0 bridgehead atoms. The molecule has 4 rings (SSSR count). The van der Waals surface area contributed by atoms with E-state index in [2.05, 4.69) is 0 Å². The molecule has 1 amide bonds. The fourth-order valence-electron chi connectivity index (χ4n) is 4.29. The Bertz CT molecular complexity index is 1160. The monoisotopic (exact) mass is 492 g/mol. The van der Waals surface area contributed by atoms with Gasteiger partial charge in [-0.25, -0.2) is 8.42 Å². The van der Waals surface area contributed by atoms with Crippen molar-refractivity contribution in [3.05, 3.63) is 63.2 Å². The molecule has 0 saturated carbocycles. The van der Waals surface area contributed by atoms with Crippen molar-refractivity contribution in [1.82, 2.24) is 9.21 Å². The zero-order valence-electron chi connectivity index (χ0n) is 18.0. The SMILES string of the molecule is O=C(c1ccccc1Cl)N1CCN(c2ccc(S(=O)(=O)N3CCCCC3)cc2[N+](=O)[O-])CC1. The van der Waals surface area contributed by atoms with Crippen LogP contribution in [0.15, 0.2) is 47.4 Å². The lowest BCUT2D eigenvalue weighted by Gasteiger charge is -2.36. The van der Waals surface area contributed by atoms with Crippen LogP contribution in [0.5, 0.6) is 0 Å². The summed E-state index contributed by atoms with van der Waals surface area (Å²) in [6.45, 7) is 2.37. The molecule has 2 heterocycles. The molecule has 0 aromatic heterocycles. The van der Waals surface area contributed by atoms with Crippen molar-refractivity contribution in [2.75, 3.05) is 44.2 Å². The lowest BCUT2D eigenvalue weighted by Crippen LogP contribution is -2.49. The Morgan fingerprint density at radius 3 is 2.24 bits per heavy atom. The van der Waals surface area contributed by atoms with Gasteiger partial charge in [0.2, 0.25) is 10.0 Å². The van der Waals surface area contributed by atoms with E-state index in [4.69, 9.17) is 11.6 Å². The summed E-state index contributed by atoms with van der Waals surface area (Å²) in [5.74, 6) is -0.183. The predicted octanol–water partition coefficient (Wildman–Crippen LogP) is 3.39. The number of nitro groups is 1. The second-order valence-corrected chi connectivity index (χ2v) is 10.5. The number of piperidine rings is 1. The van der Waals surface area contributed by atoms with Crippen LogP contribution in [0.4, 0.5) is 11.4 Å². The van der Waals surface area contributed by atoms with Crippen LogP contribution >= 0.6 is 11.6 Å². The van der Waals surface area contributed by atoms with E-state index in [1.807, 2.05) is 4.90 Å². The molecule has 0 spiro atoms. The summed E-state index contributed by atoms with van der Waals surface area (Å²) >= 11 is 6.14. The number of nitrogens with zero attached hydrogens (tertiary/aromatic N) is 4. The number of benzene rings is 2. The maximum absolute atomic E-state index is 13.0. The first kappa shape index (κ1) is 23.5. The third-order valence-electron chi connectivity index (χ3n) is 6.11. The minimum absolute atomic E-state index is 0.0626. The van der Waals surface area contributed by atoms with Crippen LogP contribution < -0.4 is 4.90 Å². The summed E-state index contributed by atoms with van der Waals surface area (Å²) in [5.41, 5.74) is 0.521. The highest BCUT2D eigenvalue weighted by atomic mass is 35.5. The fourth-order valence-corrected chi connectivity index (χ4v) is 6.04. The lowest BCUT2D eigenvalue weighted by molar-refractivity contribution is -0.384. The van der Waals surface area contributed by atoms with Gasteiger partial charge in [-0.2, -0.15) is 4.31 Å². The maximum atomic E-state index is 13.0. The smallest absolute Gasteiger partial charge is 0.293 e. The van der Waals surface area contributed by atoms with Crippen molar-refractivity contribution in [3.63, 3.8) is 0 Å². The number of rotatable bonds is 5. The molecule has 9 nitrogen and oxygen atoms in total. The highest BCUT2D eigenvalue weighted by Gasteiger charge is 2.31. The number of nitro benzene ring substituents is 1. The van der Waals surface area contributed by atoms with E-state index in [9.17, 15) is 23.3 Å². The predicted molar refractivity (Wildman–Crippen MR) is 125 cm³/mol. The highest BCUT2D eigenvalue weighted by molar-refractivity contribution is 7.89. The Balaban J connectivity index is 1.52. The van der Waals surface area contributed by atoms with Gasteiger partial charge in [0.1, 0.15) is 5.69 Å². The topological polar surface area (TPSA) is 104 Å². The van der Waals surface area contributed by atoms with Crippen molar-refractivity contribution in [3.8, 4) is 0 Å². The molecule has 2 aliphatic heterocycles. The molecule has 2 aliphatic rings. The molecule has 0 unspecified atom stereocenters. The standard InChI is InChI=1S/C22H25ClN4O5S/c23-19-7-3-2-6-18(19)22(28)25-14-12-24(13-15-25)20-9-8-17(16-21(20)27(29)30)33(31,32)26-10-4-1-5-11-26/h2-3,6-9,16H,1,4-5,10-15H2. The van der Waals surface area contributed by atoms with Gasteiger partial charge in [-0.3, -0.25) is 14.9 Å². The third-order valence-corrected chi connectivity index (χ3v) is 8.33. The average Bonchev–Trinajstić information content (AvgIpc) is 2.84. The quantitative estimate of drug-likeness (QED) is 0.468. The highest BCUT2D eigenvalue weighted by Crippen LogP contribution is 2.33. The van der Waals surface area contributed by atoms with Crippen molar-refractivity contribution in [2.45, 2.75) is 24.2 Å². The van der Waals surface area contributed by atoms with Gasteiger partial charge in [-0.1, -0.05) is 30.2 Å². The van der Waals surface area contributed by atoms with Gasteiger partial charge in [0.05, 0.1) is 20.4 Å². The van der Waals surface area contributed by atoms with Gasteiger partial charge in [0, 0.05) is 45.3 Å². The van der Waals surface area contributed by atoms with Crippen LogP contribution in [0.25, 0.3) is 0 Å². The van der Waals surface area contributed by atoms with Gasteiger partial charge in [0.15, 0.2) is 0 Å². The molecule has 0 aliphatic carbocycles. The molecule has 2 aromatic rings. The summed E-state index contributed by atoms with van der Waals surface area (Å²) in [4.78, 5) is 27.5. The molecule has 2 saturated heterocycles. The zero-order valence-corrected chi connectivity index (χ0v) is 19.6. The number of sulfonamides is 1. The summed E-state index contributed by atoms with van der Waals surface area (Å²) in [6, 6.07) is 10.9. The third kappa shape index (κ3) is 4.83. The van der Waals surface area contributed by atoms with Gasteiger partial charge >= 0.3 is 0 Å². The van der Waals surface area contributed by atoms with E-state index in [-0.39, 0.29) is 16.5 Å². The van der Waals surface area contributed by atoms with Crippen molar-refractivity contribution in [1.29, 1.82) is 0 Å². The zero-order chi connectivity index (χ0) is 23.6. The van der Waals surface area contributed by atoms with Gasteiger partial charge in [-0.05, 0) is 37.1 Å². The first-order valence-corrected chi connectivity index (χ1v) is 12.7. The molecule has 2 fully saturated rings. The van der Waals surface area contributed by atoms with Gasteiger partial charge in [-0.15, -0.1) is 0 Å². The Morgan fingerprint density at radius 2 is 1.61 bits per heavy atom. The fraction of sp³-hybridized carbons (Fsp3) is 0.409. The second-order valence-electron chi connectivity index (χ2n) is 8.13. The van der Waals surface area contributed by atoms with Crippen LogP contribution in [-0.2, 0) is 10.0 Å². The molecular weight excluding hydrogens is 468 g/mol. The van der Waals surface area contributed by atoms with Crippen molar-refractivity contribution in [2.24, 2.45) is 0 Å². The van der Waals surface area contributed by atoms with E-state index in [1.54, 1.807) is 29.2 Å². The second kappa shape index (κ2) is 9.66. The summed E-state index contributed by atoms with van der Waals surface area (Å²) < 4.78 is 27.3. The molecule has 2 aromatic carbocycles. The molecule has 0 N–H and O–H groups in total. The normalized spacial score (nSPS) is 17.7. The van der Waals surface area contributed by atoms with Crippen molar-refractivity contribution < 1.29 is 18.1 Å². The van der Waals surface area contributed by atoms with Crippen LogP contribution in [0.2, 0.25) is 5.02 Å². The van der Waals surface area contributed by atoms with E-state index in [0.29, 0.717) is 55.5 Å². The van der Waals surface area contributed by atoms with Gasteiger partial charge < -0.3 is 9.80 Å². The summed E-state index contributed by atoms with van der Waals surface area (Å²) in [7, 11) is -3.78. The molecule has 176 valence electrons. The first-order valence-electron chi connectivity index (χ1n) is 10.9. The number of carbonyl (C=O) groups excluding carboxylic acids is 1. The number of hydrogen-bond acceptors (Lipinski definition) is 6. The summed E-state index contributed by atoms with van der Waals surface area (Å²) in [6.07, 6.45) is 2.56. The Labute approximate surface area is 197 Å². The minimum Gasteiger partial charge on any atom is -0.362 e. The van der Waals surface area contributed by atoms with Crippen molar-refractivity contribution >= 4 is 38.9 Å². The van der Waals surface area contributed by atoms with E-state index >= 15 is 0 Å². The number of carbonyl (C=O) groups is 1.